The monoisotopic (exact) mass is 347 g/mol. The molecule has 0 radical (unpaired) electrons. The van der Waals surface area contributed by atoms with Gasteiger partial charge in [0, 0.05) is 6.54 Å². The predicted molar refractivity (Wildman–Crippen MR) is 82.7 cm³/mol. The van der Waals surface area contributed by atoms with Gasteiger partial charge in [0.1, 0.15) is 10.1 Å². The Morgan fingerprint density at radius 3 is 2.52 bits per heavy atom. The fourth-order valence-electron chi connectivity index (χ4n) is 1.61. The lowest BCUT2D eigenvalue weighted by molar-refractivity contribution is -0.121. The van der Waals surface area contributed by atoms with Gasteiger partial charge in [0.05, 0.1) is 10.7 Å². The van der Waals surface area contributed by atoms with Crippen molar-refractivity contribution in [2.45, 2.75) is 0 Å². The van der Waals surface area contributed by atoms with Crippen LogP contribution in [0.4, 0.5) is 4.39 Å². The molecule has 0 aromatic heterocycles. The molecule has 1 amide bonds. The molecule has 1 aromatic carbocycles. The summed E-state index contributed by atoms with van der Waals surface area (Å²) in [6, 6.07) is 5.57. The summed E-state index contributed by atoms with van der Waals surface area (Å²) >= 11 is 6.04. The van der Waals surface area contributed by atoms with E-state index >= 15 is 0 Å². The van der Waals surface area contributed by atoms with Crippen molar-refractivity contribution in [2.24, 2.45) is 0 Å². The van der Waals surface area contributed by atoms with Crippen LogP contribution in [0.15, 0.2) is 29.2 Å². The highest BCUT2D eigenvalue weighted by molar-refractivity contribution is 8.26. The molecule has 0 aliphatic carbocycles. The molecule has 5 nitrogen and oxygen atoms in total. The van der Waals surface area contributed by atoms with Crippen LogP contribution in [0.3, 0.4) is 0 Å². The lowest BCUT2D eigenvalue weighted by Crippen LogP contribution is -2.32. The Balaban J connectivity index is 2.15. The van der Waals surface area contributed by atoms with Crippen molar-refractivity contribution in [3.63, 3.8) is 0 Å². The van der Waals surface area contributed by atoms with Gasteiger partial charge in [-0.3, -0.25) is 14.2 Å². The molecule has 0 unspecified atom stereocenters. The Kier molecular flexibility index (Phi) is 4.77. The molecule has 0 bridgehead atoms. The zero-order chi connectivity index (χ0) is 15.6. The van der Waals surface area contributed by atoms with Gasteiger partial charge in [0.2, 0.25) is 0 Å². The summed E-state index contributed by atoms with van der Waals surface area (Å²) in [7, 11) is -4.16. The number of thiocarbonyl (C=S) groups is 1. The summed E-state index contributed by atoms with van der Waals surface area (Å²) in [5, 5.41) is 0. The maximum Gasteiger partial charge on any atom is 0.266 e. The first-order valence-electron chi connectivity index (χ1n) is 5.72. The standard InChI is InChI=1S/C12H10FNO4S3/c13-9-3-1-8(2-4-9)7-10-11(15)14(12(19)20-10)5-6-21(16,17)18/h1-4,7H,5-6H2,(H,16,17,18)/b10-7-. The fourth-order valence-corrected chi connectivity index (χ4v) is 3.33. The van der Waals surface area contributed by atoms with Gasteiger partial charge in [-0.05, 0) is 23.8 Å². The van der Waals surface area contributed by atoms with E-state index < -0.39 is 21.8 Å². The molecule has 1 aliphatic rings. The van der Waals surface area contributed by atoms with Crippen LogP contribution < -0.4 is 0 Å². The van der Waals surface area contributed by atoms with Gasteiger partial charge in [-0.2, -0.15) is 8.42 Å². The molecule has 1 fully saturated rings. The smallest absolute Gasteiger partial charge is 0.266 e. The van der Waals surface area contributed by atoms with Gasteiger partial charge in [0.15, 0.2) is 0 Å². The highest BCUT2D eigenvalue weighted by Crippen LogP contribution is 2.32. The Bertz CT molecular complexity index is 713. The molecule has 9 heteroatoms. The minimum absolute atomic E-state index is 0.204. The maximum atomic E-state index is 12.8. The second-order valence-corrected chi connectivity index (χ2v) is 7.42. The van der Waals surface area contributed by atoms with Gasteiger partial charge in [0.25, 0.3) is 16.0 Å². The first-order valence-corrected chi connectivity index (χ1v) is 8.56. The third-order valence-corrected chi connectivity index (χ3v) is 4.69. The molecule has 21 heavy (non-hydrogen) atoms. The van der Waals surface area contributed by atoms with Crippen molar-refractivity contribution < 1.29 is 22.2 Å². The summed E-state index contributed by atoms with van der Waals surface area (Å²) < 4.78 is 43.2. The van der Waals surface area contributed by atoms with Crippen molar-refractivity contribution in [1.82, 2.24) is 4.90 Å². The van der Waals surface area contributed by atoms with Gasteiger partial charge in [-0.1, -0.05) is 36.1 Å². The topological polar surface area (TPSA) is 74.7 Å². The maximum absolute atomic E-state index is 12.8. The van der Waals surface area contributed by atoms with Gasteiger partial charge >= 0.3 is 0 Å². The van der Waals surface area contributed by atoms with E-state index in [4.69, 9.17) is 16.8 Å². The van der Waals surface area contributed by atoms with E-state index in [1.54, 1.807) is 6.08 Å². The number of hydrogen-bond acceptors (Lipinski definition) is 5. The van der Waals surface area contributed by atoms with Crippen LogP contribution >= 0.6 is 24.0 Å². The molecule has 1 heterocycles. The summed E-state index contributed by atoms with van der Waals surface area (Å²) in [5.41, 5.74) is 0.631. The Morgan fingerprint density at radius 2 is 1.95 bits per heavy atom. The molecule has 0 atom stereocenters. The van der Waals surface area contributed by atoms with Gasteiger partial charge in [-0.15, -0.1) is 0 Å². The summed E-state index contributed by atoms with van der Waals surface area (Å²) in [5.74, 6) is -1.39. The van der Waals surface area contributed by atoms with E-state index in [0.717, 1.165) is 16.7 Å². The third kappa shape index (κ3) is 4.34. The highest BCUT2D eigenvalue weighted by atomic mass is 32.2. The lowest BCUT2D eigenvalue weighted by atomic mass is 10.2. The van der Waals surface area contributed by atoms with E-state index in [2.05, 4.69) is 0 Å². The fraction of sp³-hybridized carbons (Fsp3) is 0.167. The zero-order valence-electron chi connectivity index (χ0n) is 10.5. The van der Waals surface area contributed by atoms with Crippen LogP contribution in [0.2, 0.25) is 0 Å². The van der Waals surface area contributed by atoms with Crippen molar-refractivity contribution in [3.05, 3.63) is 40.6 Å². The largest absolute Gasteiger partial charge is 0.292 e. The quantitative estimate of drug-likeness (QED) is 0.509. The van der Waals surface area contributed by atoms with Crippen LogP contribution in [-0.4, -0.2) is 40.4 Å². The molecular weight excluding hydrogens is 337 g/mol. The normalized spacial score (nSPS) is 17.8. The van der Waals surface area contributed by atoms with Crippen LogP contribution in [0.25, 0.3) is 6.08 Å². The molecule has 1 N–H and O–H groups in total. The van der Waals surface area contributed by atoms with Crippen LogP contribution in [-0.2, 0) is 14.9 Å². The average Bonchev–Trinajstić information content (AvgIpc) is 2.64. The third-order valence-electron chi connectivity index (χ3n) is 2.61. The number of thioether (sulfide) groups is 1. The Morgan fingerprint density at radius 1 is 1.33 bits per heavy atom. The minimum Gasteiger partial charge on any atom is -0.292 e. The molecule has 0 spiro atoms. The Labute approximate surface area is 130 Å². The zero-order valence-corrected chi connectivity index (χ0v) is 13.0. The SMILES string of the molecule is O=C1/C(=C/c2ccc(F)cc2)SC(=S)N1CCS(=O)(=O)O. The second-order valence-electron chi connectivity index (χ2n) is 4.17. The molecule has 2 rings (SSSR count). The summed E-state index contributed by atoms with van der Waals surface area (Å²) in [6.07, 6.45) is 1.55. The number of benzene rings is 1. The van der Waals surface area contributed by atoms with Crippen LogP contribution in [0.1, 0.15) is 5.56 Å². The highest BCUT2D eigenvalue weighted by Gasteiger charge is 2.32. The Hall–Kier alpha value is -1.29. The van der Waals surface area contributed by atoms with E-state index in [1.807, 2.05) is 0 Å². The van der Waals surface area contributed by atoms with Crippen molar-refractivity contribution >= 4 is 50.4 Å². The number of hydrogen-bond donors (Lipinski definition) is 1. The first-order chi connectivity index (χ1) is 9.76. The number of carbonyl (C=O) groups is 1. The number of amides is 1. The first kappa shape index (κ1) is 16.1. The number of halogens is 1. The average molecular weight is 347 g/mol. The van der Waals surface area contributed by atoms with Crippen molar-refractivity contribution in [2.75, 3.05) is 12.3 Å². The predicted octanol–water partition coefficient (Wildman–Crippen LogP) is 1.91. The van der Waals surface area contributed by atoms with Gasteiger partial charge < -0.3 is 0 Å². The van der Waals surface area contributed by atoms with E-state index in [9.17, 15) is 17.6 Å². The molecule has 1 aromatic rings. The molecule has 1 saturated heterocycles. The molecular formula is C12H10FNO4S3. The molecule has 0 saturated carbocycles. The number of nitrogens with zero attached hydrogens (tertiary/aromatic N) is 1. The van der Waals surface area contributed by atoms with Crippen molar-refractivity contribution in [3.8, 4) is 0 Å². The minimum atomic E-state index is -4.16. The lowest BCUT2D eigenvalue weighted by Gasteiger charge is -2.12. The summed E-state index contributed by atoms with van der Waals surface area (Å²) in [6.45, 7) is -0.204. The van der Waals surface area contributed by atoms with E-state index in [-0.39, 0.29) is 16.7 Å². The van der Waals surface area contributed by atoms with Crippen LogP contribution in [0.5, 0.6) is 0 Å². The van der Waals surface area contributed by atoms with E-state index in [0.29, 0.717) is 10.5 Å². The number of rotatable bonds is 4. The summed E-state index contributed by atoms with van der Waals surface area (Å²) in [4.78, 5) is 13.5. The number of carbonyl (C=O) groups excluding carboxylic acids is 1. The molecule has 1 aliphatic heterocycles. The molecule has 112 valence electrons. The van der Waals surface area contributed by atoms with Gasteiger partial charge in [-0.25, -0.2) is 4.39 Å². The van der Waals surface area contributed by atoms with Crippen LogP contribution in [0, 0.1) is 5.82 Å². The van der Waals surface area contributed by atoms with Crippen molar-refractivity contribution in [1.29, 1.82) is 0 Å². The second kappa shape index (κ2) is 6.22. The van der Waals surface area contributed by atoms with E-state index in [1.165, 1.54) is 24.3 Å².